The van der Waals surface area contributed by atoms with Crippen LogP contribution in [0.5, 0.6) is 0 Å². The summed E-state index contributed by atoms with van der Waals surface area (Å²) in [6, 6.07) is 4.88. The van der Waals surface area contributed by atoms with Crippen molar-refractivity contribution < 1.29 is 14.3 Å². The van der Waals surface area contributed by atoms with Crippen molar-refractivity contribution in [2.24, 2.45) is 0 Å². The quantitative estimate of drug-likeness (QED) is 0.689. The van der Waals surface area contributed by atoms with Crippen LogP contribution in [-0.2, 0) is 9.53 Å². The summed E-state index contributed by atoms with van der Waals surface area (Å²) in [5, 5.41) is 2.55. The Morgan fingerprint density at radius 3 is 2.75 bits per heavy atom. The molecular formula is C10H9BrClNO3. The Labute approximate surface area is 106 Å². The third-order valence-corrected chi connectivity index (χ3v) is 2.90. The lowest BCUT2D eigenvalue weighted by Crippen LogP contribution is -2.14. The Bertz CT molecular complexity index is 423. The zero-order valence-electron chi connectivity index (χ0n) is 8.42. The van der Waals surface area contributed by atoms with Gasteiger partial charge in [0.2, 0.25) is 5.91 Å². The smallest absolute Gasteiger partial charge is 0.339 e. The van der Waals surface area contributed by atoms with Crippen molar-refractivity contribution in [1.29, 1.82) is 0 Å². The van der Waals surface area contributed by atoms with Gasteiger partial charge in [0.05, 0.1) is 22.8 Å². The summed E-state index contributed by atoms with van der Waals surface area (Å²) >= 11 is 8.59. The molecule has 1 aromatic rings. The highest BCUT2D eigenvalue weighted by Gasteiger charge is 2.14. The lowest BCUT2D eigenvalue weighted by molar-refractivity contribution is -0.113. The molecule has 0 saturated heterocycles. The Balaban J connectivity index is 3.04. The SMILES string of the molecule is COC(=O)c1cccc(NC(=O)CCl)c1Br. The molecule has 0 aliphatic heterocycles. The summed E-state index contributed by atoms with van der Waals surface area (Å²) < 4.78 is 5.07. The number of alkyl halides is 1. The molecule has 16 heavy (non-hydrogen) atoms. The van der Waals surface area contributed by atoms with Gasteiger partial charge in [-0.2, -0.15) is 0 Å². The number of amides is 1. The minimum Gasteiger partial charge on any atom is -0.465 e. The second-order valence-electron chi connectivity index (χ2n) is 2.84. The van der Waals surface area contributed by atoms with Crippen molar-refractivity contribution in [3.63, 3.8) is 0 Å². The van der Waals surface area contributed by atoms with Gasteiger partial charge in [0.1, 0.15) is 5.88 Å². The Morgan fingerprint density at radius 1 is 1.50 bits per heavy atom. The van der Waals surface area contributed by atoms with E-state index in [0.717, 1.165) is 0 Å². The maximum atomic E-state index is 11.4. The lowest BCUT2D eigenvalue weighted by Gasteiger charge is -2.08. The van der Waals surface area contributed by atoms with Crippen LogP contribution in [-0.4, -0.2) is 24.9 Å². The standard InChI is InChI=1S/C10H9BrClNO3/c1-16-10(15)6-3-2-4-7(9(6)11)13-8(14)5-12/h2-4H,5H2,1H3,(H,13,14). The molecule has 0 aliphatic rings. The Hall–Kier alpha value is -1.07. The molecule has 1 amide bonds. The Kier molecular flexibility index (Phi) is 4.76. The molecule has 0 radical (unpaired) electrons. The number of hydrogen-bond donors (Lipinski definition) is 1. The molecule has 0 aromatic heterocycles. The number of anilines is 1. The van der Waals surface area contributed by atoms with Gasteiger partial charge in [-0.3, -0.25) is 4.79 Å². The van der Waals surface area contributed by atoms with Crippen molar-refractivity contribution in [1.82, 2.24) is 0 Å². The lowest BCUT2D eigenvalue weighted by atomic mass is 10.2. The van der Waals surface area contributed by atoms with Gasteiger partial charge in [0.25, 0.3) is 0 Å². The first-order chi connectivity index (χ1) is 7.60. The van der Waals surface area contributed by atoms with Crippen LogP contribution in [0.25, 0.3) is 0 Å². The summed E-state index contributed by atoms with van der Waals surface area (Å²) in [6.45, 7) is 0. The van der Waals surface area contributed by atoms with Gasteiger partial charge < -0.3 is 10.1 Å². The summed E-state index contributed by atoms with van der Waals surface area (Å²) in [5.41, 5.74) is 0.823. The molecule has 0 spiro atoms. The van der Waals surface area contributed by atoms with Crippen LogP contribution in [0.4, 0.5) is 5.69 Å². The van der Waals surface area contributed by atoms with Crippen LogP contribution < -0.4 is 5.32 Å². The van der Waals surface area contributed by atoms with Gasteiger partial charge in [0.15, 0.2) is 0 Å². The molecule has 0 fully saturated rings. The second kappa shape index (κ2) is 5.86. The summed E-state index contributed by atoms with van der Waals surface area (Å²) in [5.74, 6) is -0.965. The number of nitrogens with one attached hydrogen (secondary N) is 1. The van der Waals surface area contributed by atoms with Gasteiger partial charge in [0, 0.05) is 0 Å². The second-order valence-corrected chi connectivity index (χ2v) is 3.90. The van der Waals surface area contributed by atoms with Gasteiger partial charge in [-0.1, -0.05) is 6.07 Å². The third kappa shape index (κ3) is 2.96. The average molecular weight is 307 g/mol. The van der Waals surface area contributed by atoms with Crippen LogP contribution in [0.1, 0.15) is 10.4 Å². The maximum Gasteiger partial charge on any atom is 0.339 e. The van der Waals surface area contributed by atoms with Crippen molar-refractivity contribution in [2.45, 2.75) is 0 Å². The van der Waals surface area contributed by atoms with Crippen molar-refractivity contribution in [2.75, 3.05) is 18.3 Å². The zero-order valence-corrected chi connectivity index (χ0v) is 10.8. The number of methoxy groups -OCH3 is 1. The topological polar surface area (TPSA) is 55.4 Å². The van der Waals surface area contributed by atoms with Crippen molar-refractivity contribution in [3.8, 4) is 0 Å². The van der Waals surface area contributed by atoms with E-state index in [1.54, 1.807) is 18.2 Å². The first kappa shape index (κ1) is 13.0. The number of carbonyl (C=O) groups is 2. The van der Waals surface area contributed by atoms with E-state index in [0.29, 0.717) is 15.7 Å². The van der Waals surface area contributed by atoms with Crippen molar-refractivity contribution >= 4 is 45.1 Å². The fourth-order valence-corrected chi connectivity index (χ4v) is 1.67. The monoisotopic (exact) mass is 305 g/mol. The minimum absolute atomic E-state index is 0.144. The molecule has 0 heterocycles. The first-order valence-electron chi connectivity index (χ1n) is 4.32. The Morgan fingerprint density at radius 2 is 2.19 bits per heavy atom. The zero-order chi connectivity index (χ0) is 12.1. The highest BCUT2D eigenvalue weighted by atomic mass is 79.9. The molecular weight excluding hydrogens is 297 g/mol. The highest BCUT2D eigenvalue weighted by Crippen LogP contribution is 2.26. The molecule has 0 bridgehead atoms. The number of rotatable bonds is 3. The van der Waals surface area contributed by atoms with E-state index < -0.39 is 5.97 Å². The van der Waals surface area contributed by atoms with Crippen molar-refractivity contribution in [3.05, 3.63) is 28.2 Å². The highest BCUT2D eigenvalue weighted by molar-refractivity contribution is 9.10. The van der Waals surface area contributed by atoms with E-state index in [2.05, 4.69) is 26.0 Å². The van der Waals surface area contributed by atoms with Gasteiger partial charge in [-0.05, 0) is 28.1 Å². The molecule has 86 valence electrons. The predicted molar refractivity (Wildman–Crippen MR) is 64.8 cm³/mol. The molecule has 1 N–H and O–H groups in total. The van der Waals surface area contributed by atoms with E-state index in [9.17, 15) is 9.59 Å². The van der Waals surface area contributed by atoms with Crippen LogP contribution in [0.3, 0.4) is 0 Å². The summed E-state index contributed by atoms with van der Waals surface area (Å²) in [7, 11) is 1.29. The van der Waals surface area contributed by atoms with E-state index >= 15 is 0 Å². The molecule has 1 aromatic carbocycles. The number of carbonyl (C=O) groups excluding carboxylic acids is 2. The number of esters is 1. The molecule has 0 unspecified atom stereocenters. The van der Waals surface area contributed by atoms with Gasteiger partial charge in [-0.15, -0.1) is 11.6 Å². The normalized spacial score (nSPS) is 9.69. The summed E-state index contributed by atoms with van der Waals surface area (Å²) in [6.07, 6.45) is 0. The largest absolute Gasteiger partial charge is 0.465 e. The molecule has 0 saturated carbocycles. The molecule has 0 atom stereocenters. The van der Waals surface area contributed by atoms with E-state index in [1.807, 2.05) is 0 Å². The van der Waals surface area contributed by atoms with Crippen LogP contribution in [0.2, 0.25) is 0 Å². The third-order valence-electron chi connectivity index (χ3n) is 1.80. The predicted octanol–water partition coefficient (Wildman–Crippen LogP) is 2.41. The average Bonchev–Trinajstić information content (AvgIpc) is 2.30. The fraction of sp³-hybridized carbons (Fsp3) is 0.200. The summed E-state index contributed by atoms with van der Waals surface area (Å²) in [4.78, 5) is 22.5. The van der Waals surface area contributed by atoms with Gasteiger partial charge in [-0.25, -0.2) is 4.79 Å². The first-order valence-corrected chi connectivity index (χ1v) is 5.65. The van der Waals surface area contributed by atoms with E-state index in [1.165, 1.54) is 7.11 Å². The number of halogens is 2. The maximum absolute atomic E-state index is 11.4. The van der Waals surface area contributed by atoms with Crippen LogP contribution in [0.15, 0.2) is 22.7 Å². The van der Waals surface area contributed by atoms with E-state index in [-0.39, 0.29) is 11.8 Å². The fourth-order valence-electron chi connectivity index (χ4n) is 1.08. The minimum atomic E-state index is -0.478. The molecule has 1 rings (SSSR count). The number of benzene rings is 1. The van der Waals surface area contributed by atoms with Crippen LogP contribution >= 0.6 is 27.5 Å². The number of hydrogen-bond acceptors (Lipinski definition) is 3. The van der Waals surface area contributed by atoms with E-state index in [4.69, 9.17) is 11.6 Å². The number of ether oxygens (including phenoxy) is 1. The molecule has 4 nitrogen and oxygen atoms in total. The molecule has 0 aliphatic carbocycles. The van der Waals surface area contributed by atoms with Gasteiger partial charge >= 0.3 is 5.97 Å². The van der Waals surface area contributed by atoms with Crippen LogP contribution in [0, 0.1) is 0 Å². The molecule has 6 heteroatoms.